The average molecular weight is 212 g/mol. The molecule has 4 heteroatoms. The van der Waals surface area contributed by atoms with Crippen LogP contribution in [0.1, 0.15) is 6.42 Å². The van der Waals surface area contributed by atoms with Crippen LogP contribution in [0.2, 0.25) is 0 Å². The number of alkyl halides is 1. The third kappa shape index (κ3) is 1.68. The number of hydrogen-bond acceptors (Lipinski definition) is 2. The first-order chi connectivity index (χ1) is 6.81. The van der Waals surface area contributed by atoms with Gasteiger partial charge in [-0.15, -0.1) is 11.6 Å². The van der Waals surface area contributed by atoms with Crippen molar-refractivity contribution in [2.75, 3.05) is 11.2 Å². The van der Waals surface area contributed by atoms with E-state index in [2.05, 4.69) is 5.32 Å². The molecule has 0 saturated carbocycles. The molecule has 2 rings (SSSR count). The summed E-state index contributed by atoms with van der Waals surface area (Å²) in [7, 11) is 0. The van der Waals surface area contributed by atoms with E-state index in [4.69, 9.17) is 16.3 Å². The number of para-hydroxylation sites is 2. The van der Waals surface area contributed by atoms with Crippen LogP contribution >= 0.6 is 11.6 Å². The molecule has 3 nitrogen and oxygen atoms in total. The number of rotatable bonds is 2. The zero-order valence-corrected chi connectivity index (χ0v) is 8.25. The molecule has 74 valence electrons. The van der Waals surface area contributed by atoms with Gasteiger partial charge in [0.2, 0.25) is 0 Å². The maximum atomic E-state index is 11.5. The van der Waals surface area contributed by atoms with E-state index in [-0.39, 0.29) is 5.91 Å². The Bertz CT molecular complexity index is 354. The van der Waals surface area contributed by atoms with E-state index >= 15 is 0 Å². The van der Waals surface area contributed by atoms with Gasteiger partial charge in [-0.1, -0.05) is 12.1 Å². The van der Waals surface area contributed by atoms with E-state index in [1.54, 1.807) is 0 Å². The van der Waals surface area contributed by atoms with Crippen molar-refractivity contribution in [1.29, 1.82) is 0 Å². The second-order valence-electron chi connectivity index (χ2n) is 3.07. The zero-order valence-electron chi connectivity index (χ0n) is 7.50. The van der Waals surface area contributed by atoms with E-state index in [9.17, 15) is 4.79 Å². The summed E-state index contributed by atoms with van der Waals surface area (Å²) in [6, 6.07) is 7.36. The molecule has 1 atom stereocenters. The summed E-state index contributed by atoms with van der Waals surface area (Å²) in [5, 5.41) is 2.77. The summed E-state index contributed by atoms with van der Waals surface area (Å²) in [4.78, 5) is 11.5. The molecule has 1 aliphatic rings. The van der Waals surface area contributed by atoms with Crippen LogP contribution in [0.4, 0.5) is 5.69 Å². The first-order valence-electron chi connectivity index (χ1n) is 4.44. The van der Waals surface area contributed by atoms with Crippen molar-refractivity contribution < 1.29 is 9.53 Å². The molecule has 0 spiro atoms. The molecule has 1 amide bonds. The lowest BCUT2D eigenvalue weighted by atomic mass is 10.2. The van der Waals surface area contributed by atoms with Crippen molar-refractivity contribution in [3.63, 3.8) is 0 Å². The number of nitrogens with one attached hydrogen (secondary N) is 1. The monoisotopic (exact) mass is 211 g/mol. The molecule has 1 N–H and O–H groups in total. The minimum absolute atomic E-state index is 0.121. The van der Waals surface area contributed by atoms with Gasteiger partial charge in [0, 0.05) is 12.3 Å². The van der Waals surface area contributed by atoms with E-state index < -0.39 is 6.10 Å². The number of anilines is 1. The van der Waals surface area contributed by atoms with Crippen molar-refractivity contribution in [1.82, 2.24) is 0 Å². The van der Waals surface area contributed by atoms with Crippen molar-refractivity contribution in [2.45, 2.75) is 12.5 Å². The Morgan fingerprint density at radius 1 is 1.43 bits per heavy atom. The average Bonchev–Trinajstić information content (AvgIpc) is 2.19. The summed E-state index contributed by atoms with van der Waals surface area (Å²) in [5.74, 6) is 1.01. The van der Waals surface area contributed by atoms with E-state index in [1.165, 1.54) is 0 Å². The summed E-state index contributed by atoms with van der Waals surface area (Å²) >= 11 is 5.57. The summed E-state index contributed by atoms with van der Waals surface area (Å²) in [6.45, 7) is 0. The fourth-order valence-electron chi connectivity index (χ4n) is 1.38. The quantitative estimate of drug-likeness (QED) is 0.760. The van der Waals surface area contributed by atoms with Gasteiger partial charge < -0.3 is 10.1 Å². The third-order valence-electron chi connectivity index (χ3n) is 2.08. The van der Waals surface area contributed by atoms with Crippen LogP contribution in [0.15, 0.2) is 24.3 Å². The van der Waals surface area contributed by atoms with Gasteiger partial charge in [0.05, 0.1) is 5.69 Å². The molecule has 0 aromatic heterocycles. The Hall–Kier alpha value is -1.22. The second-order valence-corrected chi connectivity index (χ2v) is 3.45. The largest absolute Gasteiger partial charge is 0.478 e. The molecule has 1 aromatic rings. The van der Waals surface area contributed by atoms with Gasteiger partial charge >= 0.3 is 0 Å². The molecule has 0 fully saturated rings. The molecule has 0 aliphatic carbocycles. The Balaban J connectivity index is 2.22. The maximum Gasteiger partial charge on any atom is 0.265 e. The predicted octanol–water partition coefficient (Wildman–Crippen LogP) is 2.01. The van der Waals surface area contributed by atoms with Crippen LogP contribution in [-0.4, -0.2) is 17.9 Å². The molecule has 0 saturated heterocycles. The Kier molecular flexibility index (Phi) is 2.59. The molecule has 0 bridgehead atoms. The van der Waals surface area contributed by atoms with E-state index in [0.717, 1.165) is 5.69 Å². The van der Waals surface area contributed by atoms with Crippen molar-refractivity contribution in [3.05, 3.63) is 24.3 Å². The number of fused-ring (bicyclic) bond motifs is 1. The van der Waals surface area contributed by atoms with Gasteiger partial charge in [0.25, 0.3) is 5.91 Å². The van der Waals surface area contributed by atoms with Crippen molar-refractivity contribution >= 4 is 23.2 Å². The molecular weight excluding hydrogens is 202 g/mol. The Morgan fingerprint density at radius 2 is 2.21 bits per heavy atom. The first kappa shape index (κ1) is 9.34. The fourth-order valence-corrected chi connectivity index (χ4v) is 1.58. The lowest BCUT2D eigenvalue weighted by Gasteiger charge is -2.25. The number of amides is 1. The van der Waals surface area contributed by atoms with Crippen molar-refractivity contribution in [3.8, 4) is 5.75 Å². The first-order valence-corrected chi connectivity index (χ1v) is 4.97. The predicted molar refractivity (Wildman–Crippen MR) is 54.8 cm³/mol. The standard InChI is InChI=1S/C10H10ClNO2/c11-6-5-9-10(13)12-7-3-1-2-4-8(7)14-9/h1-4,9H,5-6H2,(H,12,13)/t9-/m0/s1. The number of halogens is 1. The summed E-state index contributed by atoms with van der Waals surface area (Å²) < 4.78 is 5.49. The maximum absolute atomic E-state index is 11.5. The van der Waals surface area contributed by atoms with E-state index in [0.29, 0.717) is 18.1 Å². The normalized spacial score (nSPS) is 19.5. The number of ether oxygens (including phenoxy) is 1. The molecule has 1 aliphatic heterocycles. The van der Waals surface area contributed by atoms with Gasteiger partial charge in [-0.2, -0.15) is 0 Å². The number of hydrogen-bond donors (Lipinski definition) is 1. The van der Waals surface area contributed by atoms with Gasteiger partial charge in [-0.05, 0) is 12.1 Å². The fraction of sp³-hybridized carbons (Fsp3) is 0.300. The minimum atomic E-state index is -0.456. The summed E-state index contributed by atoms with van der Waals surface area (Å²) in [6.07, 6.45) is 0.0734. The van der Waals surface area contributed by atoms with Crippen LogP contribution < -0.4 is 10.1 Å². The van der Waals surface area contributed by atoms with Gasteiger partial charge in [-0.3, -0.25) is 4.79 Å². The lowest BCUT2D eigenvalue weighted by molar-refractivity contribution is -0.123. The highest BCUT2D eigenvalue weighted by atomic mass is 35.5. The summed E-state index contributed by atoms with van der Waals surface area (Å²) in [5.41, 5.74) is 0.725. The van der Waals surface area contributed by atoms with Gasteiger partial charge in [0.1, 0.15) is 5.75 Å². The van der Waals surface area contributed by atoms with Crippen LogP contribution in [0.5, 0.6) is 5.75 Å². The molecule has 0 unspecified atom stereocenters. The number of carbonyl (C=O) groups excluding carboxylic acids is 1. The van der Waals surface area contributed by atoms with Crippen LogP contribution in [-0.2, 0) is 4.79 Å². The molecule has 1 heterocycles. The van der Waals surface area contributed by atoms with Gasteiger partial charge in [-0.25, -0.2) is 0 Å². The highest BCUT2D eigenvalue weighted by molar-refractivity contribution is 6.18. The smallest absolute Gasteiger partial charge is 0.265 e. The van der Waals surface area contributed by atoms with Gasteiger partial charge in [0.15, 0.2) is 6.10 Å². The minimum Gasteiger partial charge on any atom is -0.478 e. The van der Waals surface area contributed by atoms with Crippen LogP contribution in [0.3, 0.4) is 0 Å². The molecular formula is C10H10ClNO2. The highest BCUT2D eigenvalue weighted by Crippen LogP contribution is 2.29. The Labute approximate surface area is 87.0 Å². The SMILES string of the molecule is O=C1Nc2ccccc2O[C@H]1CCCl. The van der Waals surface area contributed by atoms with Crippen molar-refractivity contribution in [2.24, 2.45) is 0 Å². The number of carbonyl (C=O) groups is 1. The second kappa shape index (κ2) is 3.88. The Morgan fingerprint density at radius 3 is 3.00 bits per heavy atom. The zero-order chi connectivity index (χ0) is 9.97. The highest BCUT2D eigenvalue weighted by Gasteiger charge is 2.26. The lowest BCUT2D eigenvalue weighted by Crippen LogP contribution is -2.37. The molecule has 14 heavy (non-hydrogen) atoms. The third-order valence-corrected chi connectivity index (χ3v) is 2.30. The number of benzene rings is 1. The topological polar surface area (TPSA) is 38.3 Å². The van der Waals surface area contributed by atoms with E-state index in [1.807, 2.05) is 24.3 Å². The van der Waals surface area contributed by atoms with Crippen LogP contribution in [0, 0.1) is 0 Å². The molecule has 1 aromatic carbocycles. The molecule has 0 radical (unpaired) electrons. The van der Waals surface area contributed by atoms with Crippen LogP contribution in [0.25, 0.3) is 0 Å².